The zero-order chi connectivity index (χ0) is 27.5. The van der Waals surface area contributed by atoms with Gasteiger partial charge in [0.05, 0.1) is 17.9 Å². The fraction of sp³-hybridized carbons (Fsp3) is 0.304. The molecule has 0 atom stereocenters. The molecule has 1 aliphatic rings. The molecule has 0 aliphatic carbocycles. The first-order valence-corrected chi connectivity index (χ1v) is 12.4. The van der Waals surface area contributed by atoms with Gasteiger partial charge in [-0.15, -0.1) is 0 Å². The highest BCUT2D eigenvalue weighted by Crippen LogP contribution is 2.32. The summed E-state index contributed by atoms with van der Waals surface area (Å²) in [6, 6.07) is 10.4. The van der Waals surface area contributed by atoms with Crippen molar-refractivity contribution in [2.24, 2.45) is 5.92 Å². The molecule has 1 amide bonds. The Morgan fingerprint density at radius 2 is 1.78 bits per heavy atom. The smallest absolute Gasteiger partial charge is 0.475 e. The van der Waals surface area contributed by atoms with Crippen molar-refractivity contribution in [3.8, 4) is 5.69 Å². The van der Waals surface area contributed by atoms with Gasteiger partial charge in [-0.2, -0.15) is 17.5 Å². The van der Waals surface area contributed by atoms with E-state index in [1.54, 1.807) is 41.1 Å². The largest absolute Gasteiger partial charge is 0.490 e. The summed E-state index contributed by atoms with van der Waals surface area (Å²) < 4.78 is 61.5. The number of aromatic nitrogens is 3. The number of benzene rings is 1. The van der Waals surface area contributed by atoms with Gasteiger partial charge in [0.2, 0.25) is 10.0 Å². The van der Waals surface area contributed by atoms with Gasteiger partial charge in [0.1, 0.15) is 17.0 Å². The molecular weight excluding hydrogens is 515 g/mol. The number of carboxylic acid groups (broad SMARTS) is 1. The predicted molar refractivity (Wildman–Crippen MR) is 127 cm³/mol. The highest BCUT2D eigenvalue weighted by atomic mass is 32.2. The number of fused-ring (bicyclic) bond motifs is 3. The first kappa shape index (κ1) is 27.8. The van der Waals surface area contributed by atoms with Gasteiger partial charge in [0.15, 0.2) is 5.69 Å². The molecule has 3 heterocycles. The van der Waals surface area contributed by atoms with Crippen LogP contribution in [0.25, 0.3) is 5.69 Å². The maximum absolute atomic E-state index is 13.3. The van der Waals surface area contributed by atoms with Gasteiger partial charge in [0.25, 0.3) is 5.91 Å². The van der Waals surface area contributed by atoms with E-state index in [0.29, 0.717) is 23.7 Å². The molecule has 4 rings (SSSR count). The molecule has 0 unspecified atom stereocenters. The van der Waals surface area contributed by atoms with E-state index in [9.17, 15) is 26.4 Å². The maximum atomic E-state index is 13.3. The molecule has 0 fully saturated rings. The second-order valence-electron chi connectivity index (χ2n) is 8.49. The van der Waals surface area contributed by atoms with Gasteiger partial charge < -0.3 is 10.4 Å². The highest BCUT2D eigenvalue weighted by Gasteiger charge is 2.38. The Bertz CT molecular complexity index is 1420. The second kappa shape index (κ2) is 10.7. The number of imidazole rings is 1. The second-order valence-corrected chi connectivity index (χ2v) is 10.4. The number of halogens is 3. The number of amides is 1. The Morgan fingerprint density at radius 1 is 1.14 bits per heavy atom. The number of para-hydroxylation sites is 1. The Hall–Kier alpha value is -3.78. The number of sulfonamides is 1. The van der Waals surface area contributed by atoms with Crippen LogP contribution in [-0.2, 0) is 21.4 Å². The Morgan fingerprint density at radius 3 is 2.38 bits per heavy atom. The number of hydrogen-bond donors (Lipinski definition) is 2. The van der Waals surface area contributed by atoms with Crippen LogP contribution in [0.4, 0.5) is 19.0 Å². The number of carboxylic acids is 1. The van der Waals surface area contributed by atoms with E-state index in [1.165, 1.54) is 10.6 Å². The molecule has 37 heavy (non-hydrogen) atoms. The van der Waals surface area contributed by atoms with E-state index < -0.39 is 28.1 Å². The number of anilines is 1. The molecule has 1 aromatic carbocycles. The standard InChI is InChI=1S/C21H23N5O3S.C2HF3O2/c1-14(2)11-25-12-17-19(21(27)24-20-15(3)7-6-10-22-20)23-13-26(17)16-8-4-5-9-18(16)30(25,28)29;3-2(4,5)1(6)7/h4-10,13-14H,11-12H2,1-3H3,(H,22,24,27);(H,6,7). The average Bonchev–Trinajstić information content (AvgIpc) is 3.20. The molecule has 0 saturated carbocycles. The van der Waals surface area contributed by atoms with E-state index in [4.69, 9.17) is 9.90 Å². The van der Waals surface area contributed by atoms with E-state index >= 15 is 0 Å². The minimum absolute atomic E-state index is 0.0547. The zero-order valence-corrected chi connectivity index (χ0v) is 20.8. The number of hydrogen-bond acceptors (Lipinski definition) is 6. The van der Waals surface area contributed by atoms with Crippen LogP contribution >= 0.6 is 0 Å². The number of pyridine rings is 1. The average molecular weight is 540 g/mol. The summed E-state index contributed by atoms with van der Waals surface area (Å²) in [7, 11) is -3.72. The molecule has 3 aromatic rings. The third-order valence-electron chi connectivity index (χ3n) is 5.20. The third kappa shape index (κ3) is 6.14. The van der Waals surface area contributed by atoms with Crippen LogP contribution in [0.1, 0.15) is 35.6 Å². The number of nitrogens with zero attached hydrogens (tertiary/aromatic N) is 4. The number of carbonyl (C=O) groups is 2. The van der Waals surface area contributed by atoms with Crippen molar-refractivity contribution in [3.63, 3.8) is 0 Å². The molecule has 0 spiro atoms. The summed E-state index contributed by atoms with van der Waals surface area (Å²) in [5, 5.41) is 9.91. The lowest BCUT2D eigenvalue weighted by atomic mass is 10.2. The van der Waals surface area contributed by atoms with Gasteiger partial charge in [-0.25, -0.2) is 23.2 Å². The SMILES string of the molecule is Cc1cccnc1NC(=O)c1ncn2c1CN(CC(C)C)S(=O)(=O)c1ccccc1-2.O=C(O)C(F)(F)F. The van der Waals surface area contributed by atoms with Crippen LogP contribution in [0.3, 0.4) is 0 Å². The lowest BCUT2D eigenvalue weighted by Gasteiger charge is -2.22. The Balaban J connectivity index is 0.000000479. The minimum Gasteiger partial charge on any atom is -0.475 e. The molecular formula is C23H24F3N5O5S. The fourth-order valence-electron chi connectivity index (χ4n) is 3.54. The number of alkyl halides is 3. The Labute approximate surface area is 210 Å². The van der Waals surface area contributed by atoms with E-state index in [-0.39, 0.29) is 23.1 Å². The summed E-state index contributed by atoms with van der Waals surface area (Å²) >= 11 is 0. The lowest BCUT2D eigenvalue weighted by molar-refractivity contribution is -0.192. The van der Waals surface area contributed by atoms with Crippen molar-refractivity contribution in [1.82, 2.24) is 18.8 Å². The number of nitrogens with one attached hydrogen (secondary N) is 1. The van der Waals surface area contributed by atoms with Crippen LogP contribution in [0.5, 0.6) is 0 Å². The van der Waals surface area contributed by atoms with Gasteiger partial charge in [-0.1, -0.05) is 32.0 Å². The summed E-state index contributed by atoms with van der Waals surface area (Å²) in [5.74, 6) is -2.61. The van der Waals surface area contributed by atoms with Crippen molar-refractivity contribution in [1.29, 1.82) is 0 Å². The quantitative estimate of drug-likeness (QED) is 0.517. The van der Waals surface area contributed by atoms with Crippen LogP contribution in [-0.4, -0.2) is 57.0 Å². The van der Waals surface area contributed by atoms with Crippen molar-refractivity contribution in [3.05, 3.63) is 65.9 Å². The number of aryl methyl sites for hydroxylation is 1. The predicted octanol–water partition coefficient (Wildman–Crippen LogP) is 3.62. The number of carbonyl (C=O) groups excluding carboxylic acids is 1. The first-order valence-electron chi connectivity index (χ1n) is 10.9. The van der Waals surface area contributed by atoms with Gasteiger partial charge in [0, 0.05) is 12.7 Å². The molecule has 2 N–H and O–H groups in total. The van der Waals surface area contributed by atoms with Crippen LogP contribution in [0.2, 0.25) is 0 Å². The molecule has 2 aromatic heterocycles. The lowest BCUT2D eigenvalue weighted by Crippen LogP contribution is -2.33. The molecule has 0 radical (unpaired) electrons. The molecule has 0 bridgehead atoms. The normalized spacial score (nSPS) is 14.6. The summed E-state index contributed by atoms with van der Waals surface area (Å²) in [6.07, 6.45) is -1.98. The van der Waals surface area contributed by atoms with E-state index in [2.05, 4.69) is 15.3 Å². The van der Waals surface area contributed by atoms with Crippen LogP contribution in [0, 0.1) is 12.8 Å². The highest BCUT2D eigenvalue weighted by molar-refractivity contribution is 7.89. The fourth-order valence-corrected chi connectivity index (χ4v) is 5.29. The molecule has 14 heteroatoms. The van der Waals surface area contributed by atoms with Gasteiger partial charge in [-0.3, -0.25) is 9.36 Å². The minimum atomic E-state index is -5.08. The summed E-state index contributed by atoms with van der Waals surface area (Å²) in [5.41, 5.74) is 2.01. The van der Waals surface area contributed by atoms with Crippen molar-refractivity contribution in [2.75, 3.05) is 11.9 Å². The van der Waals surface area contributed by atoms with Gasteiger partial charge in [-0.05, 0) is 36.6 Å². The van der Waals surface area contributed by atoms with Crippen molar-refractivity contribution in [2.45, 2.75) is 38.4 Å². The molecule has 1 aliphatic heterocycles. The molecule has 198 valence electrons. The van der Waals surface area contributed by atoms with Crippen LogP contribution in [0.15, 0.2) is 53.8 Å². The maximum Gasteiger partial charge on any atom is 0.490 e. The molecule has 10 nitrogen and oxygen atoms in total. The summed E-state index contributed by atoms with van der Waals surface area (Å²) in [6.45, 7) is 6.16. The van der Waals surface area contributed by atoms with E-state index in [1.807, 2.05) is 26.8 Å². The number of aliphatic carboxylic acids is 1. The Kier molecular flexibility index (Phi) is 8.03. The van der Waals surface area contributed by atoms with Crippen LogP contribution < -0.4 is 5.32 Å². The van der Waals surface area contributed by atoms with Gasteiger partial charge >= 0.3 is 12.1 Å². The topological polar surface area (TPSA) is 134 Å². The monoisotopic (exact) mass is 539 g/mol. The molecule has 0 saturated heterocycles. The number of rotatable bonds is 4. The van der Waals surface area contributed by atoms with E-state index in [0.717, 1.165) is 5.56 Å². The third-order valence-corrected chi connectivity index (χ3v) is 7.06. The first-order chi connectivity index (χ1) is 17.2. The van der Waals surface area contributed by atoms with Crippen molar-refractivity contribution >= 4 is 27.7 Å². The summed E-state index contributed by atoms with van der Waals surface area (Å²) in [4.78, 5) is 30.6. The van der Waals surface area contributed by atoms with Crippen molar-refractivity contribution < 1.29 is 36.3 Å². The zero-order valence-electron chi connectivity index (χ0n) is 20.0.